The van der Waals surface area contributed by atoms with Gasteiger partial charge in [-0.3, -0.25) is 4.99 Å². The molecule has 0 spiro atoms. The lowest BCUT2D eigenvalue weighted by molar-refractivity contribution is 0.287. The number of rotatable bonds is 8. The van der Waals surface area contributed by atoms with Crippen LogP contribution in [0.3, 0.4) is 0 Å². The van der Waals surface area contributed by atoms with Crippen molar-refractivity contribution in [2.75, 3.05) is 26.8 Å². The van der Waals surface area contributed by atoms with Crippen molar-refractivity contribution in [2.45, 2.75) is 52.0 Å². The van der Waals surface area contributed by atoms with Gasteiger partial charge in [-0.1, -0.05) is 18.9 Å². The zero-order chi connectivity index (χ0) is 17.2. The van der Waals surface area contributed by atoms with Crippen LogP contribution >= 0.6 is 24.0 Å². The molecule has 0 aromatic heterocycles. The molecule has 2 N–H and O–H groups in total. The van der Waals surface area contributed by atoms with Crippen LogP contribution < -0.4 is 20.1 Å². The second-order valence-electron chi connectivity index (χ2n) is 6.02. The summed E-state index contributed by atoms with van der Waals surface area (Å²) in [6.07, 6.45) is 6.05. The molecular weight excluding hydrogens is 429 g/mol. The number of halogens is 1. The smallest absolute Gasteiger partial charge is 0.191 e. The lowest BCUT2D eigenvalue weighted by Crippen LogP contribution is -2.42. The van der Waals surface area contributed by atoms with E-state index in [1.807, 2.05) is 27.0 Å². The van der Waals surface area contributed by atoms with Crippen LogP contribution in [-0.2, 0) is 6.42 Å². The van der Waals surface area contributed by atoms with E-state index in [-0.39, 0.29) is 24.0 Å². The second kappa shape index (κ2) is 12.2. The predicted octanol–water partition coefficient (Wildman–Crippen LogP) is 3.75. The summed E-state index contributed by atoms with van der Waals surface area (Å²) in [5.41, 5.74) is 1.23. The van der Waals surface area contributed by atoms with Gasteiger partial charge in [0.2, 0.25) is 0 Å². The molecule has 0 amide bonds. The average Bonchev–Trinajstić information content (AvgIpc) is 3.09. The van der Waals surface area contributed by atoms with Crippen LogP contribution in [0.1, 0.15) is 45.1 Å². The topological polar surface area (TPSA) is 54.9 Å². The third-order valence-electron chi connectivity index (χ3n) is 4.23. The largest absolute Gasteiger partial charge is 0.490 e. The van der Waals surface area contributed by atoms with Crippen molar-refractivity contribution in [3.63, 3.8) is 0 Å². The number of ether oxygens (including phenoxy) is 2. The van der Waals surface area contributed by atoms with Crippen molar-refractivity contribution in [2.24, 2.45) is 4.99 Å². The van der Waals surface area contributed by atoms with E-state index in [9.17, 15) is 0 Å². The van der Waals surface area contributed by atoms with Gasteiger partial charge >= 0.3 is 0 Å². The first-order chi connectivity index (χ1) is 11.8. The van der Waals surface area contributed by atoms with E-state index in [0.717, 1.165) is 30.4 Å². The summed E-state index contributed by atoms with van der Waals surface area (Å²) in [5.74, 6) is 2.54. The third-order valence-corrected chi connectivity index (χ3v) is 4.23. The zero-order valence-corrected chi connectivity index (χ0v) is 18.0. The molecule has 0 heterocycles. The quantitative estimate of drug-likeness (QED) is 0.352. The fraction of sp³-hybridized carbons (Fsp3) is 0.632. The molecule has 6 heteroatoms. The highest BCUT2D eigenvalue weighted by Crippen LogP contribution is 2.28. The maximum Gasteiger partial charge on any atom is 0.191 e. The first-order valence-corrected chi connectivity index (χ1v) is 9.12. The van der Waals surface area contributed by atoms with Gasteiger partial charge in [-0.25, -0.2) is 0 Å². The van der Waals surface area contributed by atoms with Crippen LogP contribution in [0.15, 0.2) is 23.2 Å². The van der Waals surface area contributed by atoms with Crippen LogP contribution in [0.25, 0.3) is 0 Å². The Hall–Kier alpha value is -1.18. The van der Waals surface area contributed by atoms with Crippen LogP contribution in [0.5, 0.6) is 11.5 Å². The van der Waals surface area contributed by atoms with Gasteiger partial charge in [-0.2, -0.15) is 0 Å². The summed E-state index contributed by atoms with van der Waals surface area (Å²) in [7, 11) is 1.83. The van der Waals surface area contributed by atoms with E-state index in [1.165, 1.54) is 31.2 Å². The Balaban J connectivity index is 0.00000312. The Morgan fingerprint density at radius 3 is 2.44 bits per heavy atom. The summed E-state index contributed by atoms with van der Waals surface area (Å²) < 4.78 is 11.3. The van der Waals surface area contributed by atoms with E-state index in [4.69, 9.17) is 9.47 Å². The number of nitrogens with one attached hydrogen (secondary N) is 2. The number of hydrogen-bond donors (Lipinski definition) is 2. The summed E-state index contributed by atoms with van der Waals surface area (Å²) in [6, 6.07) is 6.74. The summed E-state index contributed by atoms with van der Waals surface area (Å²) in [4.78, 5) is 4.32. The van der Waals surface area contributed by atoms with E-state index < -0.39 is 0 Å². The van der Waals surface area contributed by atoms with E-state index in [1.54, 1.807) is 0 Å². The molecule has 1 aromatic carbocycles. The molecule has 0 saturated heterocycles. The minimum atomic E-state index is 0. The van der Waals surface area contributed by atoms with E-state index in [2.05, 4.69) is 27.8 Å². The fourth-order valence-corrected chi connectivity index (χ4v) is 3.03. The van der Waals surface area contributed by atoms with Crippen molar-refractivity contribution in [3.05, 3.63) is 23.8 Å². The molecule has 25 heavy (non-hydrogen) atoms. The van der Waals surface area contributed by atoms with Gasteiger partial charge in [0, 0.05) is 19.6 Å². The van der Waals surface area contributed by atoms with Crippen LogP contribution in [-0.4, -0.2) is 38.8 Å². The van der Waals surface area contributed by atoms with Gasteiger partial charge < -0.3 is 20.1 Å². The van der Waals surface area contributed by atoms with Crippen LogP contribution in [0, 0.1) is 0 Å². The molecule has 5 nitrogen and oxygen atoms in total. The Bertz CT molecular complexity index is 531. The molecule has 1 fully saturated rings. The summed E-state index contributed by atoms with van der Waals surface area (Å²) in [5, 5.41) is 6.91. The Kier molecular flexibility index (Phi) is 10.7. The number of guanidine groups is 1. The van der Waals surface area contributed by atoms with E-state index >= 15 is 0 Å². The van der Waals surface area contributed by atoms with Crippen LogP contribution in [0.2, 0.25) is 0 Å². The number of nitrogens with zero attached hydrogens (tertiary/aromatic N) is 1. The van der Waals surface area contributed by atoms with Gasteiger partial charge in [-0.15, -0.1) is 24.0 Å². The number of aliphatic imine (C=N–C) groups is 1. The Morgan fingerprint density at radius 1 is 1.12 bits per heavy atom. The predicted molar refractivity (Wildman–Crippen MR) is 115 cm³/mol. The third kappa shape index (κ3) is 7.30. The molecule has 1 aromatic rings. The van der Waals surface area contributed by atoms with Gasteiger partial charge in [0.1, 0.15) is 0 Å². The van der Waals surface area contributed by atoms with Crippen LogP contribution in [0.4, 0.5) is 0 Å². The van der Waals surface area contributed by atoms with Crippen molar-refractivity contribution in [3.8, 4) is 11.5 Å². The monoisotopic (exact) mass is 461 g/mol. The molecule has 2 rings (SSSR count). The standard InChI is InChI=1S/C19H31N3O2.HI/c1-4-23-17-11-10-15(14-18(17)24-5-2)12-13-21-19(20-3)22-16-8-6-7-9-16;/h10-11,14,16H,4-9,12-13H2,1-3H3,(H2,20,21,22);1H. The normalized spacial score (nSPS) is 14.8. The van der Waals surface area contributed by atoms with Crippen molar-refractivity contribution in [1.82, 2.24) is 10.6 Å². The first-order valence-electron chi connectivity index (χ1n) is 9.12. The van der Waals surface area contributed by atoms with Gasteiger partial charge in [0.05, 0.1) is 13.2 Å². The van der Waals surface area contributed by atoms with Gasteiger partial charge in [0.15, 0.2) is 17.5 Å². The Morgan fingerprint density at radius 2 is 1.80 bits per heavy atom. The Labute approximate surface area is 169 Å². The van der Waals surface area contributed by atoms with Crippen molar-refractivity contribution >= 4 is 29.9 Å². The SMILES string of the molecule is CCOc1ccc(CCNC(=NC)NC2CCCC2)cc1OCC.I. The highest BCUT2D eigenvalue weighted by Gasteiger charge is 2.15. The van der Waals surface area contributed by atoms with Crippen molar-refractivity contribution < 1.29 is 9.47 Å². The fourth-order valence-electron chi connectivity index (χ4n) is 3.03. The highest BCUT2D eigenvalue weighted by molar-refractivity contribution is 14.0. The molecule has 0 atom stereocenters. The highest BCUT2D eigenvalue weighted by atomic mass is 127. The minimum Gasteiger partial charge on any atom is -0.490 e. The molecular formula is C19H32IN3O2. The molecule has 1 aliphatic rings. The molecule has 0 unspecified atom stereocenters. The second-order valence-corrected chi connectivity index (χ2v) is 6.02. The molecule has 142 valence electrons. The average molecular weight is 461 g/mol. The summed E-state index contributed by atoms with van der Waals surface area (Å²) >= 11 is 0. The van der Waals surface area contributed by atoms with Crippen molar-refractivity contribution in [1.29, 1.82) is 0 Å². The van der Waals surface area contributed by atoms with Gasteiger partial charge in [-0.05, 0) is 50.8 Å². The molecule has 1 aliphatic carbocycles. The number of benzene rings is 1. The minimum absolute atomic E-state index is 0. The van der Waals surface area contributed by atoms with Gasteiger partial charge in [0.25, 0.3) is 0 Å². The summed E-state index contributed by atoms with van der Waals surface area (Å²) in [6.45, 7) is 6.09. The maximum absolute atomic E-state index is 5.69. The maximum atomic E-state index is 5.69. The molecule has 0 aliphatic heterocycles. The lowest BCUT2D eigenvalue weighted by atomic mass is 10.1. The number of hydrogen-bond acceptors (Lipinski definition) is 3. The van der Waals surface area contributed by atoms with E-state index in [0.29, 0.717) is 19.3 Å². The molecule has 1 saturated carbocycles. The first kappa shape index (κ1) is 21.9. The molecule has 0 bridgehead atoms. The molecule has 0 radical (unpaired) electrons. The lowest BCUT2D eigenvalue weighted by Gasteiger charge is -2.17. The zero-order valence-electron chi connectivity index (χ0n) is 15.6.